The van der Waals surface area contributed by atoms with Gasteiger partial charge in [0.15, 0.2) is 0 Å². The number of carbonyl (C=O) groups is 1. The number of fused-ring (bicyclic) bond motifs is 1. The Balaban J connectivity index is 1.75. The van der Waals surface area contributed by atoms with Crippen LogP contribution in [0.5, 0.6) is 0 Å². The average Bonchev–Trinajstić information content (AvgIpc) is 3.14. The molecule has 1 fully saturated rings. The van der Waals surface area contributed by atoms with E-state index in [1.165, 1.54) is 17.5 Å². The van der Waals surface area contributed by atoms with Gasteiger partial charge in [-0.15, -0.1) is 11.3 Å². The lowest BCUT2D eigenvalue weighted by atomic mass is 9.70. The Morgan fingerprint density at radius 2 is 1.93 bits per heavy atom. The Hall–Kier alpha value is -2.20. The molecule has 2 heterocycles. The lowest BCUT2D eigenvalue weighted by Gasteiger charge is -2.39. The molecule has 1 amide bonds. The van der Waals surface area contributed by atoms with Gasteiger partial charge >= 0.3 is 0 Å². The van der Waals surface area contributed by atoms with Gasteiger partial charge in [0.25, 0.3) is 5.91 Å². The van der Waals surface area contributed by atoms with Crippen molar-refractivity contribution < 1.29 is 4.79 Å². The number of hydrogen-bond donors (Lipinski definition) is 1. The standard InChI is InChI=1S/C25H30N2OS/c1-15-9-18(14-25(4,5)13-15)26-24(28)20-12-22(23-7-6-8-29-23)27-21-11-17(3)16(2)10-19(20)21/h6-8,10-12,15,18H,9,13-14H2,1-5H3,(H,26,28)/t15-,18-/m0/s1. The molecule has 1 saturated carbocycles. The van der Waals surface area contributed by atoms with Crippen LogP contribution in [0.15, 0.2) is 35.7 Å². The highest BCUT2D eigenvalue weighted by Crippen LogP contribution is 2.38. The summed E-state index contributed by atoms with van der Waals surface area (Å²) in [7, 11) is 0. The number of carbonyl (C=O) groups excluding carboxylic acids is 1. The molecule has 1 aliphatic rings. The van der Waals surface area contributed by atoms with Crippen LogP contribution in [0.25, 0.3) is 21.5 Å². The van der Waals surface area contributed by atoms with E-state index in [4.69, 9.17) is 4.98 Å². The van der Waals surface area contributed by atoms with Crippen molar-refractivity contribution in [3.63, 3.8) is 0 Å². The maximum absolute atomic E-state index is 13.4. The van der Waals surface area contributed by atoms with E-state index in [0.717, 1.165) is 39.9 Å². The quantitative estimate of drug-likeness (QED) is 0.537. The van der Waals surface area contributed by atoms with Gasteiger partial charge in [-0.05, 0) is 85.2 Å². The van der Waals surface area contributed by atoms with E-state index >= 15 is 0 Å². The van der Waals surface area contributed by atoms with Crippen molar-refractivity contribution in [3.05, 3.63) is 52.4 Å². The molecule has 29 heavy (non-hydrogen) atoms. The molecular weight excluding hydrogens is 376 g/mol. The third-order valence-electron chi connectivity index (χ3n) is 6.16. The summed E-state index contributed by atoms with van der Waals surface area (Å²) in [4.78, 5) is 19.4. The molecule has 2 atom stereocenters. The van der Waals surface area contributed by atoms with E-state index in [0.29, 0.717) is 5.92 Å². The number of aryl methyl sites for hydroxylation is 2. The molecule has 3 nitrogen and oxygen atoms in total. The van der Waals surface area contributed by atoms with Crippen LogP contribution in [0.1, 0.15) is 61.5 Å². The number of thiophene rings is 1. The molecular formula is C25H30N2OS. The number of benzene rings is 1. The summed E-state index contributed by atoms with van der Waals surface area (Å²) in [5.74, 6) is 0.651. The van der Waals surface area contributed by atoms with Gasteiger partial charge in [0.2, 0.25) is 0 Å². The molecule has 0 radical (unpaired) electrons. The van der Waals surface area contributed by atoms with E-state index in [-0.39, 0.29) is 17.4 Å². The van der Waals surface area contributed by atoms with Gasteiger partial charge in [0, 0.05) is 11.4 Å². The zero-order valence-corrected chi connectivity index (χ0v) is 18.8. The number of amides is 1. The first-order chi connectivity index (χ1) is 13.7. The summed E-state index contributed by atoms with van der Waals surface area (Å²) in [6.07, 6.45) is 3.30. The Labute approximate surface area is 177 Å². The van der Waals surface area contributed by atoms with Gasteiger partial charge in [-0.2, -0.15) is 0 Å². The van der Waals surface area contributed by atoms with E-state index in [1.54, 1.807) is 11.3 Å². The lowest BCUT2D eigenvalue weighted by molar-refractivity contribution is 0.0876. The fourth-order valence-corrected chi connectivity index (χ4v) is 5.63. The predicted octanol–water partition coefficient (Wildman–Crippen LogP) is 6.52. The molecule has 0 aliphatic heterocycles. The Kier molecular flexibility index (Phi) is 5.24. The third kappa shape index (κ3) is 4.23. The monoisotopic (exact) mass is 406 g/mol. The van der Waals surface area contributed by atoms with E-state index < -0.39 is 0 Å². The molecule has 1 aliphatic carbocycles. The van der Waals surface area contributed by atoms with Crippen molar-refractivity contribution in [2.24, 2.45) is 11.3 Å². The Morgan fingerprint density at radius 3 is 2.62 bits per heavy atom. The highest BCUT2D eigenvalue weighted by molar-refractivity contribution is 7.13. The molecule has 2 aromatic heterocycles. The topological polar surface area (TPSA) is 42.0 Å². The second-order valence-corrected chi connectivity index (χ2v) is 10.5. The minimum absolute atomic E-state index is 0.0216. The largest absolute Gasteiger partial charge is 0.349 e. The van der Waals surface area contributed by atoms with Crippen LogP contribution in [0.2, 0.25) is 0 Å². The van der Waals surface area contributed by atoms with Gasteiger partial charge in [-0.3, -0.25) is 4.79 Å². The summed E-state index contributed by atoms with van der Waals surface area (Å²) < 4.78 is 0. The molecule has 1 aromatic carbocycles. The summed E-state index contributed by atoms with van der Waals surface area (Å²) in [6.45, 7) is 11.1. The normalized spacial score (nSPS) is 21.3. The van der Waals surface area contributed by atoms with Gasteiger partial charge in [0.1, 0.15) is 0 Å². The number of aromatic nitrogens is 1. The summed E-state index contributed by atoms with van der Waals surface area (Å²) in [5, 5.41) is 6.34. The van der Waals surface area contributed by atoms with Crippen molar-refractivity contribution in [1.82, 2.24) is 10.3 Å². The fraction of sp³-hybridized carbons (Fsp3) is 0.440. The van der Waals surface area contributed by atoms with E-state index in [1.807, 2.05) is 17.5 Å². The van der Waals surface area contributed by atoms with Gasteiger partial charge < -0.3 is 5.32 Å². The van der Waals surface area contributed by atoms with Crippen molar-refractivity contribution >= 4 is 28.1 Å². The molecule has 4 heteroatoms. The summed E-state index contributed by atoms with van der Waals surface area (Å²) in [5.41, 5.74) is 5.15. The third-order valence-corrected chi connectivity index (χ3v) is 7.06. The molecule has 1 N–H and O–H groups in total. The molecule has 3 aromatic rings. The second kappa shape index (κ2) is 7.56. The Bertz CT molecular complexity index is 1050. The van der Waals surface area contributed by atoms with Crippen LogP contribution in [0, 0.1) is 25.2 Å². The zero-order chi connectivity index (χ0) is 20.8. The highest BCUT2D eigenvalue weighted by atomic mass is 32.1. The van der Waals surface area contributed by atoms with Crippen LogP contribution >= 0.6 is 11.3 Å². The number of pyridine rings is 1. The second-order valence-electron chi connectivity index (χ2n) is 9.57. The van der Waals surface area contributed by atoms with Crippen molar-refractivity contribution in [2.45, 2.75) is 59.9 Å². The molecule has 0 bridgehead atoms. The average molecular weight is 407 g/mol. The minimum Gasteiger partial charge on any atom is -0.349 e. The van der Waals surface area contributed by atoms with Crippen LogP contribution < -0.4 is 5.32 Å². The fourth-order valence-electron chi connectivity index (χ4n) is 4.94. The lowest BCUT2D eigenvalue weighted by Crippen LogP contribution is -2.43. The van der Waals surface area contributed by atoms with Gasteiger partial charge in [0.05, 0.1) is 21.7 Å². The molecule has 0 spiro atoms. The van der Waals surface area contributed by atoms with Crippen molar-refractivity contribution in [2.75, 3.05) is 0 Å². The first-order valence-corrected chi connectivity index (χ1v) is 11.4. The van der Waals surface area contributed by atoms with Crippen LogP contribution in [0.4, 0.5) is 0 Å². The maximum Gasteiger partial charge on any atom is 0.252 e. The smallest absolute Gasteiger partial charge is 0.252 e. The molecule has 0 saturated heterocycles. The van der Waals surface area contributed by atoms with Crippen LogP contribution in [0.3, 0.4) is 0 Å². The highest BCUT2D eigenvalue weighted by Gasteiger charge is 2.33. The molecule has 152 valence electrons. The van der Waals surface area contributed by atoms with E-state index in [9.17, 15) is 4.79 Å². The van der Waals surface area contributed by atoms with Gasteiger partial charge in [-0.1, -0.05) is 26.8 Å². The number of rotatable bonds is 3. The zero-order valence-electron chi connectivity index (χ0n) is 18.0. The molecule has 4 rings (SSSR count). The number of nitrogens with one attached hydrogen (secondary N) is 1. The number of hydrogen-bond acceptors (Lipinski definition) is 3. The van der Waals surface area contributed by atoms with Crippen LogP contribution in [-0.4, -0.2) is 16.9 Å². The minimum atomic E-state index is 0.0216. The van der Waals surface area contributed by atoms with Crippen LogP contribution in [-0.2, 0) is 0 Å². The maximum atomic E-state index is 13.4. The van der Waals surface area contributed by atoms with Gasteiger partial charge in [-0.25, -0.2) is 4.98 Å². The van der Waals surface area contributed by atoms with E-state index in [2.05, 4.69) is 58.1 Å². The number of nitrogens with zero attached hydrogens (tertiary/aromatic N) is 1. The first-order valence-electron chi connectivity index (χ1n) is 10.5. The molecule has 0 unspecified atom stereocenters. The Morgan fingerprint density at radius 1 is 1.17 bits per heavy atom. The summed E-state index contributed by atoms with van der Waals surface area (Å²) in [6, 6.07) is 10.5. The summed E-state index contributed by atoms with van der Waals surface area (Å²) >= 11 is 1.65. The van der Waals surface area contributed by atoms with Crippen molar-refractivity contribution in [3.8, 4) is 10.6 Å². The first kappa shape index (κ1) is 20.1. The SMILES string of the molecule is Cc1cc2nc(-c3cccs3)cc(C(=O)N[C@H]3C[C@H](C)CC(C)(C)C3)c2cc1C. The van der Waals surface area contributed by atoms with Crippen molar-refractivity contribution in [1.29, 1.82) is 0 Å². The predicted molar refractivity (Wildman–Crippen MR) is 123 cm³/mol.